The number of imide groups is 1. The maximum Gasteiger partial charge on any atom is 0.329 e. The van der Waals surface area contributed by atoms with E-state index in [1.807, 2.05) is 18.7 Å². The lowest BCUT2D eigenvalue weighted by Crippen LogP contribution is -2.52. The number of hydrogen-bond donors (Lipinski definition) is 3. The number of nitrogens with one attached hydrogen (secondary N) is 2. The van der Waals surface area contributed by atoms with Gasteiger partial charge in [0.2, 0.25) is 17.8 Å². The zero-order valence-electron chi connectivity index (χ0n) is 37.2. The molecule has 6 heterocycles. The molecule has 9 rings (SSSR count). The van der Waals surface area contributed by atoms with Crippen molar-refractivity contribution in [3.63, 3.8) is 0 Å². The standard InChI is InChI=1S/C46H60FN9O7S/c1-29-22-32(6-7-34(29)49-43-48-25-31(27-63-4)41(51-43)55-17-5-14-45(2,60)28-55)64(61,62)33-23-46(24-33)15-20-53(21-16-46)26-30-12-18-54(19-13-30)35-8-9-36-40(39(35)47)52(3)44(59)56(36)37-10-11-38(57)50-42(37)58/h6-9,22,25,30,33,37,60H,5,10-21,23-24,26-28H2,1-4H3,(H,48,49,51)(H,50,57,58)/t37?,45-/m0/s1. The van der Waals surface area contributed by atoms with Gasteiger partial charge in [0.15, 0.2) is 15.7 Å². The Hall–Kier alpha value is -4.91. The molecule has 1 unspecified atom stereocenters. The largest absolute Gasteiger partial charge is 0.388 e. The molecule has 18 heteroatoms. The highest BCUT2D eigenvalue weighted by Crippen LogP contribution is 2.53. The lowest BCUT2D eigenvalue weighted by Gasteiger charge is -2.52. The Labute approximate surface area is 373 Å². The number of methoxy groups -OCH3 is 1. The molecule has 344 valence electrons. The van der Waals surface area contributed by atoms with Crippen LogP contribution in [0, 0.1) is 24.1 Å². The summed E-state index contributed by atoms with van der Waals surface area (Å²) in [4.78, 5) is 53.9. The van der Waals surface area contributed by atoms with Gasteiger partial charge in [-0.2, -0.15) is 4.98 Å². The van der Waals surface area contributed by atoms with Gasteiger partial charge in [0.25, 0.3) is 0 Å². The van der Waals surface area contributed by atoms with E-state index in [0.29, 0.717) is 72.9 Å². The molecule has 0 radical (unpaired) electrons. The number of nitrogens with zero attached hydrogens (tertiary/aromatic N) is 7. The second-order valence-corrected chi connectivity index (χ2v) is 21.6. The van der Waals surface area contributed by atoms with Crippen LogP contribution in [0.1, 0.15) is 88.3 Å². The summed E-state index contributed by atoms with van der Waals surface area (Å²) in [5, 5.41) is 15.9. The quantitative estimate of drug-likeness (QED) is 0.176. The fraction of sp³-hybridized carbons (Fsp3) is 0.587. The second-order valence-electron chi connectivity index (χ2n) is 19.4. The number of carbonyl (C=O) groups excluding carboxylic acids is 2. The van der Waals surface area contributed by atoms with Crippen LogP contribution in [0.5, 0.6) is 0 Å². The predicted molar refractivity (Wildman–Crippen MR) is 241 cm³/mol. The first-order valence-electron chi connectivity index (χ1n) is 22.7. The van der Waals surface area contributed by atoms with E-state index < -0.39 is 44.1 Å². The molecule has 64 heavy (non-hydrogen) atoms. The minimum Gasteiger partial charge on any atom is -0.388 e. The van der Waals surface area contributed by atoms with Crippen LogP contribution in [-0.4, -0.2) is 113 Å². The van der Waals surface area contributed by atoms with Gasteiger partial charge in [0.1, 0.15) is 17.4 Å². The fourth-order valence-electron chi connectivity index (χ4n) is 11.0. The summed E-state index contributed by atoms with van der Waals surface area (Å²) in [5.74, 6) is 0.150. The normalized spacial score (nSPS) is 23.8. The number of ether oxygens (including phenoxy) is 1. The number of sulfone groups is 1. The van der Waals surface area contributed by atoms with Crippen LogP contribution in [0.2, 0.25) is 0 Å². The molecule has 4 aliphatic heterocycles. The number of halogens is 1. The molecule has 16 nitrogen and oxygen atoms in total. The zero-order chi connectivity index (χ0) is 45.1. The molecule has 4 saturated heterocycles. The molecule has 3 N–H and O–H groups in total. The number of piperidine rings is 4. The Bertz CT molecular complexity index is 2620. The highest BCUT2D eigenvalue weighted by Gasteiger charge is 2.51. The molecule has 5 aliphatic rings. The summed E-state index contributed by atoms with van der Waals surface area (Å²) in [6, 6.07) is 7.75. The monoisotopic (exact) mass is 901 g/mol. The minimum atomic E-state index is -3.52. The maximum absolute atomic E-state index is 16.2. The van der Waals surface area contributed by atoms with Crippen LogP contribution in [-0.2, 0) is 37.8 Å². The zero-order valence-corrected chi connectivity index (χ0v) is 38.1. The van der Waals surface area contributed by atoms with Crippen LogP contribution in [0.15, 0.2) is 46.2 Å². The number of anilines is 4. The highest BCUT2D eigenvalue weighted by molar-refractivity contribution is 7.92. The summed E-state index contributed by atoms with van der Waals surface area (Å²) in [6.45, 7) is 9.48. The van der Waals surface area contributed by atoms with E-state index in [1.165, 1.54) is 16.2 Å². The minimum absolute atomic E-state index is 0.0490. The van der Waals surface area contributed by atoms with Gasteiger partial charge in [-0.1, -0.05) is 0 Å². The third-order valence-corrected chi connectivity index (χ3v) is 16.8. The van der Waals surface area contributed by atoms with Crippen LogP contribution in [0.4, 0.5) is 27.5 Å². The molecule has 1 aliphatic carbocycles. The summed E-state index contributed by atoms with van der Waals surface area (Å²) < 4.78 is 52.0. The molecule has 4 aromatic rings. The highest BCUT2D eigenvalue weighted by atomic mass is 32.2. The molecular weight excluding hydrogens is 842 g/mol. The van der Waals surface area contributed by atoms with Crippen LogP contribution >= 0.6 is 0 Å². The molecule has 5 fully saturated rings. The van der Waals surface area contributed by atoms with Gasteiger partial charge in [0.05, 0.1) is 33.6 Å². The Balaban J connectivity index is 0.767. The third kappa shape index (κ3) is 8.42. The molecule has 0 bridgehead atoms. The summed E-state index contributed by atoms with van der Waals surface area (Å²) in [5.41, 5.74) is 2.01. The lowest BCUT2D eigenvalue weighted by molar-refractivity contribution is -0.135. The van der Waals surface area contributed by atoms with E-state index in [0.717, 1.165) is 81.5 Å². The Morgan fingerprint density at radius 2 is 1.75 bits per heavy atom. The fourth-order valence-corrected chi connectivity index (χ4v) is 13.1. The number of rotatable bonds is 11. The summed E-state index contributed by atoms with van der Waals surface area (Å²) in [6.07, 6.45) is 8.72. The average Bonchev–Trinajstić information content (AvgIpc) is 3.50. The van der Waals surface area contributed by atoms with Crippen molar-refractivity contribution in [3.05, 3.63) is 64.0 Å². The molecule has 1 saturated carbocycles. The number of amides is 2. The van der Waals surface area contributed by atoms with Crippen molar-refractivity contribution < 1.29 is 32.2 Å². The lowest BCUT2D eigenvalue weighted by atomic mass is 9.63. The van der Waals surface area contributed by atoms with Crippen molar-refractivity contribution in [2.24, 2.45) is 18.4 Å². The van der Waals surface area contributed by atoms with Gasteiger partial charge < -0.3 is 29.9 Å². The molecule has 2 amide bonds. The van der Waals surface area contributed by atoms with Crippen molar-refractivity contribution >= 4 is 55.8 Å². The summed E-state index contributed by atoms with van der Waals surface area (Å²) in [7, 11) is -0.383. The maximum atomic E-state index is 16.2. The number of β-amino-alcohol motifs (C(OH)–C–C–N with tert-alkyl or cyclic N) is 1. The number of carbonyl (C=O) groups is 2. The summed E-state index contributed by atoms with van der Waals surface area (Å²) >= 11 is 0. The van der Waals surface area contributed by atoms with Crippen molar-refractivity contribution in [3.8, 4) is 0 Å². The van der Waals surface area contributed by atoms with Gasteiger partial charge in [0, 0.05) is 70.7 Å². The number of aromatic nitrogens is 4. The molecule has 2 aromatic carbocycles. The van der Waals surface area contributed by atoms with Crippen LogP contribution in [0.3, 0.4) is 0 Å². The first-order chi connectivity index (χ1) is 30.5. The third-order valence-electron chi connectivity index (χ3n) is 14.7. The number of aliphatic hydroxyl groups is 1. The number of aryl methyl sites for hydroxylation is 2. The van der Waals surface area contributed by atoms with Gasteiger partial charge >= 0.3 is 5.69 Å². The van der Waals surface area contributed by atoms with Crippen LogP contribution in [0.25, 0.3) is 11.0 Å². The molecule has 2 aromatic heterocycles. The Kier molecular flexibility index (Phi) is 11.9. The average molecular weight is 902 g/mol. The smallest absolute Gasteiger partial charge is 0.329 e. The number of imidazole rings is 1. The second kappa shape index (κ2) is 17.1. The number of fused-ring (bicyclic) bond motifs is 1. The molecule has 1 spiro atoms. The Morgan fingerprint density at radius 3 is 2.44 bits per heavy atom. The van der Waals surface area contributed by atoms with Crippen molar-refractivity contribution in [2.75, 3.05) is 68.0 Å². The van der Waals surface area contributed by atoms with E-state index in [9.17, 15) is 27.9 Å². The van der Waals surface area contributed by atoms with Crippen molar-refractivity contribution in [1.29, 1.82) is 0 Å². The van der Waals surface area contributed by atoms with E-state index in [2.05, 4.69) is 25.4 Å². The van der Waals surface area contributed by atoms with Crippen molar-refractivity contribution in [1.82, 2.24) is 29.3 Å². The van der Waals surface area contributed by atoms with Gasteiger partial charge in [-0.15, -0.1) is 0 Å². The number of likely N-dealkylation sites (tertiary alicyclic amines) is 1. The first-order valence-corrected chi connectivity index (χ1v) is 24.2. The van der Waals surface area contributed by atoms with Gasteiger partial charge in [-0.3, -0.25) is 24.0 Å². The topological polar surface area (TPSA) is 184 Å². The van der Waals surface area contributed by atoms with Crippen molar-refractivity contribution in [2.45, 2.75) is 106 Å². The van der Waals surface area contributed by atoms with E-state index in [4.69, 9.17) is 9.72 Å². The van der Waals surface area contributed by atoms with Gasteiger partial charge in [-0.25, -0.2) is 22.6 Å². The van der Waals surface area contributed by atoms with E-state index in [-0.39, 0.29) is 29.7 Å². The van der Waals surface area contributed by atoms with Gasteiger partial charge in [-0.05, 0) is 132 Å². The number of hydrogen-bond acceptors (Lipinski definition) is 13. The first kappa shape index (κ1) is 44.3. The SMILES string of the molecule is COCc1cnc(Nc2ccc(S(=O)(=O)C3CC4(CCN(CC5CCN(c6ccc7c(c6F)n(C)c(=O)n7C6CCC(=O)NC6=O)CC5)CC4)C3)cc2C)nc1N1CCC[C@](C)(O)C1. The number of benzene rings is 2. The Morgan fingerprint density at radius 1 is 1.00 bits per heavy atom. The predicted octanol–water partition coefficient (Wildman–Crippen LogP) is 4.73. The van der Waals surface area contributed by atoms with E-state index in [1.54, 1.807) is 43.6 Å². The van der Waals surface area contributed by atoms with E-state index >= 15 is 4.39 Å². The molecule has 2 atom stereocenters. The van der Waals surface area contributed by atoms with Crippen LogP contribution < -0.4 is 26.1 Å². The molecular formula is C46H60FN9O7S.